The average molecular weight is 282 g/mol. The number of hydrogen-bond acceptors (Lipinski definition) is 3. The maximum absolute atomic E-state index is 11.8. The first-order valence-electron chi connectivity index (χ1n) is 6.58. The van der Waals surface area contributed by atoms with Gasteiger partial charge in [-0.2, -0.15) is 13.2 Å². The molecule has 0 aromatic carbocycles. The van der Waals surface area contributed by atoms with Gasteiger partial charge in [0.2, 0.25) is 5.91 Å². The summed E-state index contributed by atoms with van der Waals surface area (Å²) in [5.41, 5.74) is 0. The highest BCUT2D eigenvalue weighted by atomic mass is 19.4. The molecule has 1 fully saturated rings. The van der Waals surface area contributed by atoms with E-state index in [9.17, 15) is 18.0 Å². The van der Waals surface area contributed by atoms with Crippen molar-refractivity contribution in [3.8, 4) is 0 Å². The van der Waals surface area contributed by atoms with Crippen molar-refractivity contribution in [2.45, 2.75) is 38.4 Å². The van der Waals surface area contributed by atoms with Gasteiger partial charge in [-0.1, -0.05) is 0 Å². The van der Waals surface area contributed by atoms with E-state index >= 15 is 0 Å². The molecule has 0 aromatic heterocycles. The fraction of sp³-hybridized carbons (Fsp3) is 0.917. The van der Waals surface area contributed by atoms with Crippen molar-refractivity contribution in [1.29, 1.82) is 0 Å². The van der Waals surface area contributed by atoms with Gasteiger partial charge >= 0.3 is 6.18 Å². The van der Waals surface area contributed by atoms with E-state index in [0.717, 1.165) is 19.4 Å². The zero-order chi connectivity index (χ0) is 14.3. The summed E-state index contributed by atoms with van der Waals surface area (Å²) in [5.74, 6) is -0.154. The summed E-state index contributed by atoms with van der Waals surface area (Å²) in [4.78, 5) is 13.5. The number of rotatable bonds is 7. The normalized spacial score (nSPS) is 19.7. The predicted octanol–water partition coefficient (Wildman–Crippen LogP) is 1.56. The smallest absolute Gasteiger partial charge is 0.372 e. The Balaban J connectivity index is 2.21. The van der Waals surface area contributed by atoms with Crippen molar-refractivity contribution in [1.82, 2.24) is 10.2 Å². The SMILES string of the molecule is CCN(CC1CCCN1)C(=O)CCOCC(F)(F)F. The van der Waals surface area contributed by atoms with Crippen LogP contribution in [0.4, 0.5) is 13.2 Å². The van der Waals surface area contributed by atoms with E-state index in [0.29, 0.717) is 19.1 Å². The van der Waals surface area contributed by atoms with Gasteiger partial charge in [-0.05, 0) is 26.3 Å². The van der Waals surface area contributed by atoms with Crippen LogP contribution in [0.1, 0.15) is 26.2 Å². The summed E-state index contributed by atoms with van der Waals surface area (Å²) in [7, 11) is 0. The number of halogens is 3. The lowest BCUT2D eigenvalue weighted by Crippen LogP contribution is -2.41. The zero-order valence-corrected chi connectivity index (χ0v) is 11.1. The summed E-state index contributed by atoms with van der Waals surface area (Å²) in [6, 6.07) is 0.306. The van der Waals surface area contributed by atoms with E-state index in [2.05, 4.69) is 10.1 Å². The minimum atomic E-state index is -4.33. The minimum Gasteiger partial charge on any atom is -0.372 e. The number of carbonyl (C=O) groups is 1. The number of hydrogen-bond donors (Lipinski definition) is 1. The van der Waals surface area contributed by atoms with Crippen molar-refractivity contribution in [2.75, 3.05) is 32.8 Å². The van der Waals surface area contributed by atoms with Gasteiger partial charge in [0.15, 0.2) is 0 Å². The van der Waals surface area contributed by atoms with Gasteiger partial charge in [-0.25, -0.2) is 0 Å². The van der Waals surface area contributed by atoms with Crippen LogP contribution in [0, 0.1) is 0 Å². The lowest BCUT2D eigenvalue weighted by molar-refractivity contribution is -0.175. The molecule has 1 heterocycles. The number of likely N-dealkylation sites (N-methyl/N-ethyl adjacent to an activating group) is 1. The maximum atomic E-state index is 11.8. The third-order valence-electron chi connectivity index (χ3n) is 3.06. The third kappa shape index (κ3) is 6.77. The lowest BCUT2D eigenvalue weighted by Gasteiger charge is -2.24. The van der Waals surface area contributed by atoms with Gasteiger partial charge < -0.3 is 15.0 Å². The zero-order valence-electron chi connectivity index (χ0n) is 11.1. The van der Waals surface area contributed by atoms with Crippen LogP contribution < -0.4 is 5.32 Å². The molecule has 0 aliphatic carbocycles. The van der Waals surface area contributed by atoms with E-state index in [-0.39, 0.29) is 18.9 Å². The summed E-state index contributed by atoms with van der Waals surface area (Å²) in [6.45, 7) is 2.53. The van der Waals surface area contributed by atoms with Crippen LogP contribution in [-0.2, 0) is 9.53 Å². The second kappa shape index (κ2) is 7.69. The highest BCUT2D eigenvalue weighted by Gasteiger charge is 2.27. The first kappa shape index (κ1) is 16.2. The van der Waals surface area contributed by atoms with E-state index in [1.807, 2.05) is 6.92 Å². The van der Waals surface area contributed by atoms with Gasteiger partial charge in [0.25, 0.3) is 0 Å². The third-order valence-corrected chi connectivity index (χ3v) is 3.06. The Hall–Kier alpha value is -0.820. The first-order chi connectivity index (χ1) is 8.92. The minimum absolute atomic E-state index is 0.00333. The summed E-state index contributed by atoms with van der Waals surface area (Å²) in [6.07, 6.45) is -2.20. The fourth-order valence-electron chi connectivity index (χ4n) is 2.09. The fourth-order valence-corrected chi connectivity index (χ4v) is 2.09. The molecule has 1 saturated heterocycles. The molecule has 0 saturated carbocycles. The number of nitrogens with one attached hydrogen (secondary N) is 1. The molecule has 7 heteroatoms. The van der Waals surface area contributed by atoms with Crippen LogP contribution in [0.3, 0.4) is 0 Å². The molecule has 1 atom stereocenters. The average Bonchev–Trinajstić information content (AvgIpc) is 2.83. The number of ether oxygens (including phenoxy) is 1. The molecule has 4 nitrogen and oxygen atoms in total. The molecule has 0 aromatic rings. The van der Waals surface area contributed by atoms with Crippen LogP contribution in [0.2, 0.25) is 0 Å². The molecule has 112 valence electrons. The van der Waals surface area contributed by atoms with Crippen molar-refractivity contribution < 1.29 is 22.7 Å². The first-order valence-corrected chi connectivity index (χ1v) is 6.58. The summed E-state index contributed by atoms with van der Waals surface area (Å²) in [5, 5.41) is 3.29. The maximum Gasteiger partial charge on any atom is 0.411 e. The summed E-state index contributed by atoms with van der Waals surface area (Å²) >= 11 is 0. The topological polar surface area (TPSA) is 41.6 Å². The molecule has 19 heavy (non-hydrogen) atoms. The Morgan fingerprint density at radius 1 is 1.47 bits per heavy atom. The van der Waals surface area contributed by atoms with Gasteiger partial charge in [0.1, 0.15) is 6.61 Å². The van der Waals surface area contributed by atoms with Gasteiger partial charge in [0.05, 0.1) is 13.0 Å². The van der Waals surface area contributed by atoms with Gasteiger partial charge in [0, 0.05) is 19.1 Å². The Kier molecular flexibility index (Phi) is 6.57. The molecule has 1 aliphatic heterocycles. The van der Waals surface area contributed by atoms with E-state index in [4.69, 9.17) is 0 Å². The molecule has 1 rings (SSSR count). The Bertz CT molecular complexity index is 279. The molecule has 1 unspecified atom stereocenters. The van der Waals surface area contributed by atoms with E-state index in [1.54, 1.807) is 4.90 Å². The van der Waals surface area contributed by atoms with E-state index < -0.39 is 12.8 Å². The Morgan fingerprint density at radius 2 is 2.21 bits per heavy atom. The van der Waals surface area contributed by atoms with Crippen molar-refractivity contribution in [3.05, 3.63) is 0 Å². The number of amides is 1. The monoisotopic (exact) mass is 282 g/mol. The second-order valence-corrected chi connectivity index (χ2v) is 4.64. The molecule has 1 aliphatic rings. The molecule has 1 N–H and O–H groups in total. The highest BCUT2D eigenvalue weighted by molar-refractivity contribution is 5.76. The Morgan fingerprint density at radius 3 is 2.74 bits per heavy atom. The van der Waals surface area contributed by atoms with Crippen molar-refractivity contribution in [2.24, 2.45) is 0 Å². The quantitative estimate of drug-likeness (QED) is 0.720. The number of carbonyl (C=O) groups excluding carboxylic acids is 1. The molecular formula is C12H21F3N2O2. The van der Waals surface area contributed by atoms with Crippen LogP contribution in [0.15, 0.2) is 0 Å². The van der Waals surface area contributed by atoms with Crippen molar-refractivity contribution >= 4 is 5.91 Å². The Labute approximate surface area is 111 Å². The lowest BCUT2D eigenvalue weighted by atomic mass is 10.2. The number of nitrogens with zero attached hydrogens (tertiary/aromatic N) is 1. The van der Waals surface area contributed by atoms with E-state index in [1.165, 1.54) is 0 Å². The van der Waals surface area contributed by atoms with Gasteiger partial charge in [-0.3, -0.25) is 4.79 Å². The number of alkyl halides is 3. The molecular weight excluding hydrogens is 261 g/mol. The van der Waals surface area contributed by atoms with Crippen molar-refractivity contribution in [3.63, 3.8) is 0 Å². The predicted molar refractivity (Wildman–Crippen MR) is 64.8 cm³/mol. The highest BCUT2D eigenvalue weighted by Crippen LogP contribution is 2.14. The van der Waals surface area contributed by atoms with Crippen LogP contribution in [0.25, 0.3) is 0 Å². The molecule has 0 spiro atoms. The second-order valence-electron chi connectivity index (χ2n) is 4.64. The van der Waals surface area contributed by atoms with Crippen LogP contribution >= 0.6 is 0 Å². The molecule has 1 amide bonds. The standard InChI is InChI=1S/C12H21F3N2O2/c1-2-17(8-10-4-3-6-16-10)11(18)5-7-19-9-12(13,14)15/h10,16H,2-9H2,1H3. The van der Waals surface area contributed by atoms with Crippen LogP contribution in [-0.4, -0.2) is 55.9 Å². The largest absolute Gasteiger partial charge is 0.411 e. The van der Waals surface area contributed by atoms with Gasteiger partial charge in [-0.15, -0.1) is 0 Å². The molecule has 0 bridgehead atoms. The van der Waals surface area contributed by atoms with Crippen LogP contribution in [0.5, 0.6) is 0 Å². The molecule has 0 radical (unpaired) electrons. The summed E-state index contributed by atoms with van der Waals surface area (Å²) < 4.78 is 40.0.